The van der Waals surface area contributed by atoms with Gasteiger partial charge in [-0.25, -0.2) is 17.6 Å². The molecule has 0 heterocycles. The molecule has 2 nitrogen and oxygen atoms in total. The predicted molar refractivity (Wildman–Crippen MR) is 60.7 cm³/mol. The van der Waals surface area contributed by atoms with Crippen molar-refractivity contribution in [1.82, 2.24) is 0 Å². The molecule has 0 aliphatic carbocycles. The number of halogens is 4. The van der Waals surface area contributed by atoms with Gasteiger partial charge in [0.25, 0.3) is 0 Å². The van der Waals surface area contributed by atoms with Crippen molar-refractivity contribution in [1.29, 1.82) is 5.26 Å². The van der Waals surface area contributed by atoms with E-state index in [1.165, 1.54) is 12.1 Å². The Bertz CT molecular complexity index is 677. The third-order valence-electron chi connectivity index (χ3n) is 2.39. The van der Waals surface area contributed by atoms with Crippen molar-refractivity contribution < 1.29 is 17.6 Å². The van der Waals surface area contributed by atoms with Crippen molar-refractivity contribution in [3.8, 4) is 6.07 Å². The molecular formula is C13H6F4N2. The molecule has 0 aromatic heterocycles. The number of rotatable bonds is 2. The summed E-state index contributed by atoms with van der Waals surface area (Å²) in [5.74, 6) is -4.49. The monoisotopic (exact) mass is 266 g/mol. The van der Waals surface area contributed by atoms with Crippen LogP contribution in [-0.4, -0.2) is 0 Å². The standard InChI is InChI=1S/C13H6F4N2/c14-7-4-10(16)13(17)12(5-7)19-11-3-1-2-9(15)8(11)6-18/h1-5,19H. The van der Waals surface area contributed by atoms with E-state index in [1.807, 2.05) is 0 Å². The molecule has 0 aliphatic rings. The van der Waals surface area contributed by atoms with Gasteiger partial charge < -0.3 is 5.32 Å². The van der Waals surface area contributed by atoms with Crippen LogP contribution in [0.5, 0.6) is 0 Å². The molecule has 0 spiro atoms. The second kappa shape index (κ2) is 4.98. The Kier molecular flexibility index (Phi) is 3.38. The van der Waals surface area contributed by atoms with Gasteiger partial charge in [0, 0.05) is 12.1 Å². The second-order valence-corrected chi connectivity index (χ2v) is 3.65. The zero-order valence-electron chi connectivity index (χ0n) is 9.35. The fourth-order valence-electron chi connectivity index (χ4n) is 1.53. The van der Waals surface area contributed by atoms with Crippen LogP contribution in [-0.2, 0) is 0 Å². The number of anilines is 2. The summed E-state index contributed by atoms with van der Waals surface area (Å²) >= 11 is 0. The van der Waals surface area contributed by atoms with Crippen LogP contribution in [0.25, 0.3) is 0 Å². The maximum absolute atomic E-state index is 13.4. The van der Waals surface area contributed by atoms with Crippen LogP contribution in [0.15, 0.2) is 30.3 Å². The molecule has 2 aromatic rings. The topological polar surface area (TPSA) is 35.8 Å². The van der Waals surface area contributed by atoms with Crippen LogP contribution < -0.4 is 5.32 Å². The zero-order valence-corrected chi connectivity index (χ0v) is 9.35. The van der Waals surface area contributed by atoms with E-state index in [2.05, 4.69) is 5.32 Å². The Labute approximate surface area is 105 Å². The Morgan fingerprint density at radius 1 is 0.947 bits per heavy atom. The van der Waals surface area contributed by atoms with Gasteiger partial charge in [-0.2, -0.15) is 5.26 Å². The molecule has 0 aliphatic heterocycles. The molecule has 0 amide bonds. The average Bonchev–Trinajstić information content (AvgIpc) is 2.35. The van der Waals surface area contributed by atoms with Gasteiger partial charge in [0.1, 0.15) is 23.3 Å². The van der Waals surface area contributed by atoms with E-state index >= 15 is 0 Å². The molecule has 0 saturated carbocycles. The summed E-state index contributed by atoms with van der Waals surface area (Å²) in [6.45, 7) is 0. The van der Waals surface area contributed by atoms with Gasteiger partial charge in [0.05, 0.1) is 11.4 Å². The van der Waals surface area contributed by atoms with Crippen LogP contribution in [0, 0.1) is 34.6 Å². The Hall–Kier alpha value is -2.55. The molecule has 1 N–H and O–H groups in total. The van der Waals surface area contributed by atoms with E-state index in [0.717, 1.165) is 6.07 Å². The van der Waals surface area contributed by atoms with E-state index in [4.69, 9.17) is 5.26 Å². The highest BCUT2D eigenvalue weighted by molar-refractivity contribution is 5.67. The van der Waals surface area contributed by atoms with Gasteiger partial charge in [-0.15, -0.1) is 0 Å². The summed E-state index contributed by atoms with van der Waals surface area (Å²) < 4.78 is 52.7. The predicted octanol–water partition coefficient (Wildman–Crippen LogP) is 3.86. The second-order valence-electron chi connectivity index (χ2n) is 3.65. The lowest BCUT2D eigenvalue weighted by Crippen LogP contribution is -2.00. The number of hydrogen-bond donors (Lipinski definition) is 1. The Balaban J connectivity index is 2.48. The summed E-state index contributed by atoms with van der Waals surface area (Å²) in [5.41, 5.74) is -0.961. The fourth-order valence-corrected chi connectivity index (χ4v) is 1.53. The van der Waals surface area contributed by atoms with Gasteiger partial charge in [0.2, 0.25) is 0 Å². The van der Waals surface area contributed by atoms with Crippen molar-refractivity contribution in [3.05, 3.63) is 59.2 Å². The molecule has 0 unspecified atom stereocenters. The van der Waals surface area contributed by atoms with E-state index in [0.29, 0.717) is 12.1 Å². The van der Waals surface area contributed by atoms with Crippen molar-refractivity contribution in [2.45, 2.75) is 0 Å². The first-order valence-electron chi connectivity index (χ1n) is 5.13. The third kappa shape index (κ3) is 2.50. The molecule has 0 fully saturated rings. The highest BCUT2D eigenvalue weighted by Gasteiger charge is 2.14. The zero-order chi connectivity index (χ0) is 14.0. The van der Waals surface area contributed by atoms with E-state index in [9.17, 15) is 17.6 Å². The van der Waals surface area contributed by atoms with Crippen molar-refractivity contribution in [3.63, 3.8) is 0 Å². The van der Waals surface area contributed by atoms with Crippen LogP contribution in [0.4, 0.5) is 28.9 Å². The van der Waals surface area contributed by atoms with Gasteiger partial charge >= 0.3 is 0 Å². The minimum Gasteiger partial charge on any atom is -0.352 e. The first-order valence-corrected chi connectivity index (χ1v) is 5.13. The fraction of sp³-hybridized carbons (Fsp3) is 0. The lowest BCUT2D eigenvalue weighted by atomic mass is 10.1. The van der Waals surface area contributed by atoms with E-state index in [-0.39, 0.29) is 11.3 Å². The number of nitrogens with one attached hydrogen (secondary N) is 1. The lowest BCUT2D eigenvalue weighted by Gasteiger charge is -2.10. The summed E-state index contributed by atoms with van der Waals surface area (Å²) in [5, 5.41) is 11.1. The van der Waals surface area contributed by atoms with Crippen molar-refractivity contribution in [2.24, 2.45) is 0 Å². The van der Waals surface area contributed by atoms with Gasteiger partial charge in [-0.3, -0.25) is 0 Å². The maximum Gasteiger partial charge on any atom is 0.182 e. The molecular weight excluding hydrogens is 260 g/mol. The van der Waals surface area contributed by atoms with Crippen molar-refractivity contribution in [2.75, 3.05) is 5.32 Å². The molecule has 96 valence electrons. The summed E-state index contributed by atoms with van der Waals surface area (Å²) in [4.78, 5) is 0. The molecule has 6 heteroatoms. The van der Waals surface area contributed by atoms with Gasteiger partial charge in [-0.05, 0) is 12.1 Å². The molecule has 0 atom stereocenters. The minimum absolute atomic E-state index is 0.0774. The highest BCUT2D eigenvalue weighted by atomic mass is 19.2. The van der Waals surface area contributed by atoms with Crippen LogP contribution >= 0.6 is 0 Å². The smallest absolute Gasteiger partial charge is 0.182 e. The number of hydrogen-bond acceptors (Lipinski definition) is 2. The first kappa shape index (κ1) is 12.9. The number of nitriles is 1. The normalized spacial score (nSPS) is 10.1. The van der Waals surface area contributed by atoms with E-state index < -0.39 is 29.0 Å². The summed E-state index contributed by atoms with van der Waals surface area (Å²) in [6.07, 6.45) is 0. The summed E-state index contributed by atoms with van der Waals surface area (Å²) in [7, 11) is 0. The largest absolute Gasteiger partial charge is 0.352 e. The summed E-state index contributed by atoms with van der Waals surface area (Å²) in [6, 6.07) is 6.31. The molecule has 0 radical (unpaired) electrons. The third-order valence-corrected chi connectivity index (χ3v) is 2.39. The highest BCUT2D eigenvalue weighted by Crippen LogP contribution is 2.26. The van der Waals surface area contributed by atoms with Gasteiger partial charge in [-0.1, -0.05) is 6.07 Å². The molecule has 2 aromatic carbocycles. The quantitative estimate of drug-likeness (QED) is 0.661. The van der Waals surface area contributed by atoms with Gasteiger partial charge in [0.15, 0.2) is 11.6 Å². The first-order chi connectivity index (χ1) is 9.02. The molecule has 19 heavy (non-hydrogen) atoms. The van der Waals surface area contributed by atoms with Crippen LogP contribution in [0.3, 0.4) is 0 Å². The number of benzene rings is 2. The SMILES string of the molecule is N#Cc1c(F)cccc1Nc1cc(F)cc(F)c1F. The van der Waals surface area contributed by atoms with Crippen LogP contribution in [0.2, 0.25) is 0 Å². The lowest BCUT2D eigenvalue weighted by molar-refractivity contribution is 0.498. The molecule has 2 rings (SSSR count). The van der Waals surface area contributed by atoms with Crippen molar-refractivity contribution >= 4 is 11.4 Å². The Morgan fingerprint density at radius 3 is 2.37 bits per heavy atom. The molecule has 0 bridgehead atoms. The average molecular weight is 266 g/mol. The van der Waals surface area contributed by atoms with E-state index in [1.54, 1.807) is 6.07 Å². The maximum atomic E-state index is 13.4. The molecule has 0 saturated heterocycles. The van der Waals surface area contributed by atoms with Crippen LogP contribution in [0.1, 0.15) is 5.56 Å². The Morgan fingerprint density at radius 2 is 1.68 bits per heavy atom. The number of nitrogens with zero attached hydrogens (tertiary/aromatic N) is 1. The minimum atomic E-state index is -1.38.